The van der Waals surface area contributed by atoms with Crippen molar-refractivity contribution >= 4 is 44.3 Å². The Morgan fingerprint density at radius 2 is 2.21 bits per heavy atom. The van der Waals surface area contributed by atoms with Crippen molar-refractivity contribution in [1.29, 1.82) is 0 Å². The molecule has 1 aromatic carbocycles. The molecule has 76 valence electrons. The maximum Gasteiger partial charge on any atom is 0.162 e. The second kappa shape index (κ2) is 5.85. The van der Waals surface area contributed by atoms with E-state index in [0.29, 0.717) is 6.42 Å². The van der Waals surface area contributed by atoms with Crippen molar-refractivity contribution in [3.63, 3.8) is 0 Å². The molecular weight excluding hydrogens is 355 g/mol. The van der Waals surface area contributed by atoms with Crippen molar-refractivity contribution in [3.8, 4) is 0 Å². The minimum absolute atomic E-state index is 0.236. The Labute approximate surface area is 107 Å². The average molecular weight is 367 g/mol. The van der Waals surface area contributed by atoms with Gasteiger partial charge in [-0.05, 0) is 17.2 Å². The summed E-state index contributed by atoms with van der Waals surface area (Å²) in [5, 5.41) is 0.804. The summed E-state index contributed by atoms with van der Waals surface area (Å²) in [6.45, 7) is 1.90. The number of Topliss-reactive ketones (excluding diaryl/α,β-unsaturated/α-hetero) is 1. The number of hydrogen-bond donors (Lipinski definition) is 0. The second-order valence-corrected chi connectivity index (χ2v) is 4.36. The first-order valence-electron chi connectivity index (χ1n) is 4.49. The Bertz CT molecular complexity index is 336. The molecule has 0 N–H and O–H groups in total. The van der Waals surface area contributed by atoms with E-state index in [1.807, 2.05) is 19.1 Å². The smallest absolute Gasteiger partial charge is 0.162 e. The van der Waals surface area contributed by atoms with Crippen molar-refractivity contribution in [2.24, 2.45) is 0 Å². The maximum absolute atomic E-state index is 11.6. The summed E-state index contributed by atoms with van der Waals surface area (Å²) in [5.74, 6) is 0.236. The molecule has 14 heavy (non-hydrogen) atoms. The number of halogens is 2. The highest BCUT2D eigenvalue weighted by molar-refractivity contribution is 14.1. The monoisotopic (exact) mass is 366 g/mol. The van der Waals surface area contributed by atoms with Crippen LogP contribution in [0.4, 0.5) is 0 Å². The van der Waals surface area contributed by atoms with Gasteiger partial charge >= 0.3 is 0 Å². The van der Waals surface area contributed by atoms with E-state index < -0.39 is 0 Å². The molecule has 0 aliphatic rings. The highest BCUT2D eigenvalue weighted by atomic mass is 127. The number of alkyl halides is 2. The van der Waals surface area contributed by atoms with Crippen LogP contribution < -0.4 is 0 Å². The van der Waals surface area contributed by atoms with Crippen LogP contribution in [0.25, 0.3) is 0 Å². The lowest BCUT2D eigenvalue weighted by molar-refractivity contribution is 0.0987. The minimum Gasteiger partial charge on any atom is -0.294 e. The van der Waals surface area contributed by atoms with Crippen LogP contribution in [0.1, 0.15) is 34.8 Å². The van der Waals surface area contributed by atoms with Gasteiger partial charge in [-0.2, -0.15) is 0 Å². The SMILES string of the molecule is CCC(=O)c1cc(CBr)ccc1CI. The minimum atomic E-state index is 0.236. The van der Waals surface area contributed by atoms with Crippen molar-refractivity contribution in [3.05, 3.63) is 34.9 Å². The van der Waals surface area contributed by atoms with Crippen LogP contribution in [-0.4, -0.2) is 5.78 Å². The lowest BCUT2D eigenvalue weighted by Crippen LogP contribution is -2.02. The third kappa shape index (κ3) is 2.79. The van der Waals surface area contributed by atoms with Crippen molar-refractivity contribution < 1.29 is 4.79 Å². The zero-order valence-corrected chi connectivity index (χ0v) is 11.8. The predicted molar refractivity (Wildman–Crippen MR) is 71.4 cm³/mol. The Morgan fingerprint density at radius 1 is 1.50 bits per heavy atom. The molecule has 0 saturated heterocycles. The summed E-state index contributed by atoms with van der Waals surface area (Å²) in [4.78, 5) is 11.6. The van der Waals surface area contributed by atoms with Crippen LogP contribution in [0.3, 0.4) is 0 Å². The van der Waals surface area contributed by atoms with Crippen LogP contribution in [0.15, 0.2) is 18.2 Å². The lowest BCUT2D eigenvalue weighted by Gasteiger charge is -2.06. The molecule has 1 nitrogen and oxygen atoms in total. The van der Waals surface area contributed by atoms with E-state index in [-0.39, 0.29) is 5.78 Å². The van der Waals surface area contributed by atoms with Gasteiger partial charge in [0.05, 0.1) is 0 Å². The van der Waals surface area contributed by atoms with Crippen LogP contribution in [-0.2, 0) is 9.76 Å². The van der Waals surface area contributed by atoms with Gasteiger partial charge in [-0.25, -0.2) is 0 Å². The first kappa shape index (κ1) is 12.2. The quantitative estimate of drug-likeness (QED) is 0.445. The highest BCUT2D eigenvalue weighted by Crippen LogP contribution is 2.18. The average Bonchev–Trinajstić information content (AvgIpc) is 2.27. The molecule has 0 spiro atoms. The molecule has 3 heteroatoms. The summed E-state index contributed by atoms with van der Waals surface area (Å²) < 4.78 is 0.890. The predicted octanol–water partition coefficient (Wildman–Crippen LogP) is 4.11. The summed E-state index contributed by atoms with van der Waals surface area (Å²) in [5.41, 5.74) is 3.19. The molecule has 0 fully saturated rings. The fourth-order valence-corrected chi connectivity index (χ4v) is 2.29. The van der Waals surface area contributed by atoms with Crippen LogP contribution >= 0.6 is 38.5 Å². The first-order chi connectivity index (χ1) is 6.72. The molecule has 0 amide bonds. The van der Waals surface area contributed by atoms with Gasteiger partial charge in [0.15, 0.2) is 5.78 Å². The molecule has 1 rings (SSSR count). The summed E-state index contributed by atoms with van der Waals surface area (Å²) >= 11 is 5.68. The zero-order valence-electron chi connectivity index (χ0n) is 8.02. The number of benzene rings is 1. The molecule has 0 aromatic heterocycles. The maximum atomic E-state index is 11.6. The first-order valence-corrected chi connectivity index (χ1v) is 7.14. The number of rotatable bonds is 4. The third-order valence-corrected chi connectivity index (χ3v) is 3.56. The Morgan fingerprint density at radius 3 is 2.71 bits per heavy atom. The van der Waals surface area contributed by atoms with Crippen molar-refractivity contribution in [1.82, 2.24) is 0 Å². The van der Waals surface area contributed by atoms with Crippen LogP contribution in [0.5, 0.6) is 0 Å². The molecular formula is C11H12BrIO. The van der Waals surface area contributed by atoms with Gasteiger partial charge in [0.25, 0.3) is 0 Å². The fraction of sp³-hybridized carbons (Fsp3) is 0.364. The molecule has 0 unspecified atom stereocenters. The van der Waals surface area contributed by atoms with Crippen molar-refractivity contribution in [2.75, 3.05) is 0 Å². The standard InChI is InChI=1S/C11H12BrIO/c1-2-11(14)10-5-8(6-12)3-4-9(10)7-13/h3-5H,2,6-7H2,1H3. The number of carbonyl (C=O) groups excluding carboxylic acids is 1. The van der Waals surface area contributed by atoms with Gasteiger partial charge in [-0.3, -0.25) is 4.79 Å². The third-order valence-electron chi connectivity index (χ3n) is 2.09. The van der Waals surface area contributed by atoms with Gasteiger partial charge in [0.2, 0.25) is 0 Å². The zero-order chi connectivity index (χ0) is 10.6. The van der Waals surface area contributed by atoms with Crippen LogP contribution in [0.2, 0.25) is 0 Å². The lowest BCUT2D eigenvalue weighted by atomic mass is 10.0. The van der Waals surface area contributed by atoms with Gasteiger partial charge in [-0.1, -0.05) is 57.6 Å². The second-order valence-electron chi connectivity index (χ2n) is 3.04. The molecule has 0 atom stereocenters. The number of ketones is 1. The summed E-state index contributed by atoms with van der Waals surface area (Å²) in [6.07, 6.45) is 0.579. The molecule has 0 radical (unpaired) electrons. The highest BCUT2D eigenvalue weighted by Gasteiger charge is 2.09. The Balaban J connectivity index is 3.14. The van der Waals surface area contributed by atoms with Crippen LogP contribution in [0, 0.1) is 0 Å². The molecule has 0 heterocycles. The number of hydrogen-bond acceptors (Lipinski definition) is 1. The Hall–Kier alpha value is 0.1000. The van der Waals surface area contributed by atoms with E-state index in [1.165, 1.54) is 0 Å². The summed E-state index contributed by atoms with van der Waals surface area (Å²) in [6, 6.07) is 6.11. The van der Waals surface area contributed by atoms with E-state index in [2.05, 4.69) is 44.6 Å². The topological polar surface area (TPSA) is 17.1 Å². The van der Waals surface area contributed by atoms with Gasteiger partial charge in [-0.15, -0.1) is 0 Å². The summed E-state index contributed by atoms with van der Waals surface area (Å²) in [7, 11) is 0. The van der Waals surface area contributed by atoms with Gasteiger partial charge in [0.1, 0.15) is 0 Å². The van der Waals surface area contributed by atoms with E-state index in [9.17, 15) is 4.79 Å². The van der Waals surface area contributed by atoms with E-state index >= 15 is 0 Å². The Kier molecular flexibility index (Phi) is 5.09. The largest absolute Gasteiger partial charge is 0.294 e. The molecule has 0 bridgehead atoms. The molecule has 0 saturated carbocycles. The van der Waals surface area contributed by atoms with Gasteiger partial charge in [0, 0.05) is 21.7 Å². The van der Waals surface area contributed by atoms with Crippen molar-refractivity contribution in [2.45, 2.75) is 23.1 Å². The molecule has 0 aliphatic heterocycles. The van der Waals surface area contributed by atoms with E-state index in [0.717, 1.165) is 26.4 Å². The van der Waals surface area contributed by atoms with Gasteiger partial charge < -0.3 is 0 Å². The molecule has 0 aliphatic carbocycles. The molecule has 1 aromatic rings. The normalized spacial score (nSPS) is 10.2. The fourth-order valence-electron chi connectivity index (χ4n) is 1.27. The van der Waals surface area contributed by atoms with E-state index in [4.69, 9.17) is 0 Å². The number of carbonyl (C=O) groups is 1. The van der Waals surface area contributed by atoms with E-state index in [1.54, 1.807) is 0 Å².